The third-order valence-electron chi connectivity index (χ3n) is 4.61. The second-order valence-corrected chi connectivity index (χ2v) is 7.62. The number of carboxylic acid groups (broad SMARTS) is 1. The van der Waals surface area contributed by atoms with Gasteiger partial charge in [0.1, 0.15) is 0 Å². The Morgan fingerprint density at radius 2 is 1.69 bits per heavy atom. The first-order valence-electron chi connectivity index (χ1n) is 9.07. The van der Waals surface area contributed by atoms with Gasteiger partial charge in [-0.05, 0) is 48.9 Å². The van der Waals surface area contributed by atoms with Gasteiger partial charge < -0.3 is 5.11 Å². The third-order valence-corrected chi connectivity index (χ3v) is 5.62. The summed E-state index contributed by atoms with van der Waals surface area (Å²) < 4.78 is 1.64. The molecule has 4 aromatic rings. The number of carbonyl (C=O) groups is 1. The average molecular weight is 402 g/mol. The highest BCUT2D eigenvalue weighted by Crippen LogP contribution is 2.25. The SMILES string of the molecule is Cc1ccc(-n2c(SCc3ccc(C(=O)O)cc3)nc3ccccc3c2=O)cc1. The van der Waals surface area contributed by atoms with Crippen molar-refractivity contribution >= 4 is 28.6 Å². The molecule has 0 aliphatic heterocycles. The largest absolute Gasteiger partial charge is 0.478 e. The Balaban J connectivity index is 1.75. The number of thioether (sulfide) groups is 1. The van der Waals surface area contributed by atoms with Crippen molar-refractivity contribution < 1.29 is 9.90 Å². The number of nitrogens with zero attached hydrogens (tertiary/aromatic N) is 2. The molecule has 5 nitrogen and oxygen atoms in total. The van der Waals surface area contributed by atoms with Crippen molar-refractivity contribution in [1.29, 1.82) is 0 Å². The average Bonchev–Trinajstić information content (AvgIpc) is 2.73. The van der Waals surface area contributed by atoms with E-state index < -0.39 is 5.97 Å². The second-order valence-electron chi connectivity index (χ2n) is 6.68. The van der Waals surface area contributed by atoms with E-state index in [1.807, 2.05) is 49.4 Å². The molecule has 0 aliphatic rings. The number of para-hydroxylation sites is 1. The maximum Gasteiger partial charge on any atom is 0.335 e. The minimum atomic E-state index is -0.950. The summed E-state index contributed by atoms with van der Waals surface area (Å²) >= 11 is 1.45. The maximum atomic E-state index is 13.2. The Labute approximate surface area is 171 Å². The zero-order chi connectivity index (χ0) is 20.4. The van der Waals surface area contributed by atoms with Crippen LogP contribution in [-0.2, 0) is 5.75 Å². The molecular formula is C23H18N2O3S. The molecule has 6 heteroatoms. The van der Waals surface area contributed by atoms with Crippen LogP contribution >= 0.6 is 11.8 Å². The normalized spacial score (nSPS) is 10.9. The van der Waals surface area contributed by atoms with Crippen LogP contribution in [0, 0.1) is 6.92 Å². The molecule has 144 valence electrons. The van der Waals surface area contributed by atoms with Gasteiger partial charge in [-0.15, -0.1) is 0 Å². The molecule has 29 heavy (non-hydrogen) atoms. The summed E-state index contributed by atoms with van der Waals surface area (Å²) in [5.41, 5.74) is 3.63. The summed E-state index contributed by atoms with van der Waals surface area (Å²) in [7, 11) is 0. The first-order valence-corrected chi connectivity index (χ1v) is 10.1. The number of hydrogen-bond acceptors (Lipinski definition) is 4. The van der Waals surface area contributed by atoms with Crippen molar-refractivity contribution in [3.8, 4) is 5.69 Å². The molecule has 0 fully saturated rings. The summed E-state index contributed by atoms with van der Waals surface area (Å²) in [5, 5.41) is 10.2. The molecule has 0 bridgehead atoms. The smallest absolute Gasteiger partial charge is 0.335 e. The molecule has 3 aromatic carbocycles. The lowest BCUT2D eigenvalue weighted by Crippen LogP contribution is -2.21. The van der Waals surface area contributed by atoms with E-state index in [1.54, 1.807) is 34.9 Å². The highest BCUT2D eigenvalue weighted by molar-refractivity contribution is 7.98. The highest BCUT2D eigenvalue weighted by atomic mass is 32.2. The fraction of sp³-hybridized carbons (Fsp3) is 0.0870. The lowest BCUT2D eigenvalue weighted by atomic mass is 10.1. The van der Waals surface area contributed by atoms with Crippen LogP contribution in [-0.4, -0.2) is 20.6 Å². The van der Waals surface area contributed by atoms with Gasteiger partial charge >= 0.3 is 5.97 Å². The number of hydrogen-bond donors (Lipinski definition) is 1. The number of aryl methyl sites for hydroxylation is 1. The van der Waals surface area contributed by atoms with E-state index in [-0.39, 0.29) is 11.1 Å². The fourth-order valence-corrected chi connectivity index (χ4v) is 3.99. The second kappa shape index (κ2) is 7.93. The van der Waals surface area contributed by atoms with Gasteiger partial charge in [-0.3, -0.25) is 9.36 Å². The van der Waals surface area contributed by atoms with Crippen molar-refractivity contribution in [2.24, 2.45) is 0 Å². The Kier molecular flexibility index (Phi) is 5.18. The minimum absolute atomic E-state index is 0.108. The van der Waals surface area contributed by atoms with Crippen LogP contribution < -0.4 is 5.56 Å². The van der Waals surface area contributed by atoms with Crippen molar-refractivity contribution in [1.82, 2.24) is 9.55 Å². The Hall–Kier alpha value is -3.38. The summed E-state index contributed by atoms with van der Waals surface area (Å²) in [6.07, 6.45) is 0. The van der Waals surface area contributed by atoms with Crippen LogP contribution in [0.15, 0.2) is 82.7 Å². The summed E-state index contributed by atoms with van der Waals surface area (Å²) in [5.74, 6) is -0.384. The van der Waals surface area contributed by atoms with E-state index in [9.17, 15) is 9.59 Å². The summed E-state index contributed by atoms with van der Waals surface area (Å²) in [6, 6.07) is 21.8. The van der Waals surface area contributed by atoms with Crippen LogP contribution in [0.25, 0.3) is 16.6 Å². The van der Waals surface area contributed by atoms with E-state index in [4.69, 9.17) is 10.1 Å². The van der Waals surface area contributed by atoms with Crippen LogP contribution in [0.4, 0.5) is 0 Å². The molecule has 0 saturated heterocycles. The molecule has 1 heterocycles. The van der Waals surface area contributed by atoms with E-state index in [1.165, 1.54) is 11.8 Å². The molecule has 1 N–H and O–H groups in total. The minimum Gasteiger partial charge on any atom is -0.478 e. The van der Waals surface area contributed by atoms with Crippen molar-refractivity contribution in [2.45, 2.75) is 17.8 Å². The number of benzene rings is 3. The van der Waals surface area contributed by atoms with Gasteiger partial charge in [-0.2, -0.15) is 0 Å². The molecular weight excluding hydrogens is 384 g/mol. The lowest BCUT2D eigenvalue weighted by molar-refractivity contribution is 0.0697. The lowest BCUT2D eigenvalue weighted by Gasteiger charge is -2.13. The maximum absolute atomic E-state index is 13.2. The van der Waals surface area contributed by atoms with Crippen LogP contribution in [0.1, 0.15) is 21.5 Å². The topological polar surface area (TPSA) is 72.2 Å². The van der Waals surface area contributed by atoms with Crippen LogP contribution in [0.2, 0.25) is 0 Å². The summed E-state index contributed by atoms with van der Waals surface area (Å²) in [4.78, 5) is 29.0. The monoisotopic (exact) mass is 402 g/mol. The van der Waals surface area contributed by atoms with Gasteiger partial charge in [-0.1, -0.05) is 53.7 Å². The van der Waals surface area contributed by atoms with E-state index in [0.717, 1.165) is 16.8 Å². The number of rotatable bonds is 5. The van der Waals surface area contributed by atoms with Gasteiger partial charge in [0, 0.05) is 5.75 Å². The first kappa shape index (κ1) is 19.0. The Morgan fingerprint density at radius 1 is 1.00 bits per heavy atom. The van der Waals surface area contributed by atoms with Gasteiger partial charge in [-0.25, -0.2) is 9.78 Å². The van der Waals surface area contributed by atoms with E-state index in [2.05, 4.69) is 0 Å². The number of aromatic nitrogens is 2. The van der Waals surface area contributed by atoms with Crippen LogP contribution in [0.3, 0.4) is 0 Å². The number of fused-ring (bicyclic) bond motifs is 1. The molecule has 0 amide bonds. The van der Waals surface area contributed by atoms with Crippen LogP contribution in [0.5, 0.6) is 0 Å². The van der Waals surface area contributed by atoms with Crippen molar-refractivity contribution in [3.63, 3.8) is 0 Å². The molecule has 0 aliphatic carbocycles. The quantitative estimate of drug-likeness (QED) is 0.387. The van der Waals surface area contributed by atoms with Gasteiger partial charge in [0.2, 0.25) is 0 Å². The predicted molar refractivity (Wildman–Crippen MR) is 115 cm³/mol. The first-order chi connectivity index (χ1) is 14.0. The highest BCUT2D eigenvalue weighted by Gasteiger charge is 2.13. The van der Waals surface area contributed by atoms with Gasteiger partial charge in [0.15, 0.2) is 5.16 Å². The van der Waals surface area contributed by atoms with E-state index in [0.29, 0.717) is 21.8 Å². The molecule has 0 saturated carbocycles. The standard InChI is InChI=1S/C23H18N2O3S/c1-15-6-12-18(13-7-15)25-21(26)19-4-2-3-5-20(19)24-23(25)29-14-16-8-10-17(11-9-16)22(27)28/h2-13H,14H2,1H3,(H,27,28). The Morgan fingerprint density at radius 3 is 2.38 bits per heavy atom. The molecule has 1 aromatic heterocycles. The zero-order valence-electron chi connectivity index (χ0n) is 15.7. The zero-order valence-corrected chi connectivity index (χ0v) is 16.5. The van der Waals surface area contributed by atoms with Gasteiger partial charge in [0.05, 0.1) is 22.2 Å². The molecule has 0 spiro atoms. The predicted octanol–water partition coefficient (Wildman–Crippen LogP) is 4.68. The fourth-order valence-electron chi connectivity index (χ4n) is 3.02. The Bertz CT molecular complexity index is 1250. The van der Waals surface area contributed by atoms with Crippen molar-refractivity contribution in [2.75, 3.05) is 0 Å². The third kappa shape index (κ3) is 3.93. The molecule has 4 rings (SSSR count). The molecule has 0 unspecified atom stereocenters. The van der Waals surface area contributed by atoms with E-state index >= 15 is 0 Å². The molecule has 0 atom stereocenters. The molecule has 0 radical (unpaired) electrons. The number of carboxylic acids is 1. The number of aromatic carboxylic acids is 1. The van der Waals surface area contributed by atoms with Gasteiger partial charge in [0.25, 0.3) is 5.56 Å². The van der Waals surface area contributed by atoms with Crippen molar-refractivity contribution in [3.05, 3.63) is 99.8 Å². The summed E-state index contributed by atoms with van der Waals surface area (Å²) in [6.45, 7) is 2.00.